The minimum atomic E-state index is -0.480. The molecule has 102 valence electrons. The smallest absolute Gasteiger partial charge is 0.332 e. The summed E-state index contributed by atoms with van der Waals surface area (Å²) in [4.78, 5) is 23.0. The van der Waals surface area contributed by atoms with Gasteiger partial charge in [0.2, 0.25) is 0 Å². The Morgan fingerprint density at radius 2 is 1.90 bits per heavy atom. The van der Waals surface area contributed by atoms with Crippen molar-refractivity contribution >= 4 is 22.6 Å². The molecule has 2 aromatic rings. The molecule has 0 aliphatic carbocycles. The second-order valence-electron chi connectivity index (χ2n) is 4.12. The van der Waals surface area contributed by atoms with E-state index in [0.717, 1.165) is 10.8 Å². The zero-order valence-electron chi connectivity index (χ0n) is 11.1. The van der Waals surface area contributed by atoms with E-state index in [1.165, 1.54) is 12.3 Å². The predicted octanol–water partition coefficient (Wildman–Crippen LogP) is 2.65. The van der Waals surface area contributed by atoms with E-state index in [0.29, 0.717) is 12.2 Å². The third-order valence-electron chi connectivity index (χ3n) is 2.73. The van der Waals surface area contributed by atoms with Crippen LogP contribution in [0.25, 0.3) is 10.8 Å². The van der Waals surface area contributed by atoms with Crippen LogP contribution in [0.4, 0.5) is 0 Å². The molecule has 2 aromatic carbocycles. The number of fused-ring (bicyclic) bond motifs is 1. The highest BCUT2D eigenvalue weighted by Crippen LogP contribution is 2.15. The molecule has 0 bridgehead atoms. The second-order valence-corrected chi connectivity index (χ2v) is 4.12. The van der Waals surface area contributed by atoms with Gasteiger partial charge in [-0.05, 0) is 29.8 Å². The number of carbonyl (C=O) groups excluding carboxylic acids is 2. The largest absolute Gasteiger partial charge is 0.463 e. The normalized spacial score (nSPS) is 10.7. The van der Waals surface area contributed by atoms with Crippen LogP contribution >= 0.6 is 0 Å². The van der Waals surface area contributed by atoms with Crippen LogP contribution in [0.1, 0.15) is 17.3 Å². The zero-order valence-corrected chi connectivity index (χ0v) is 11.1. The van der Waals surface area contributed by atoms with Gasteiger partial charge in [0.1, 0.15) is 0 Å². The number of benzene rings is 2. The van der Waals surface area contributed by atoms with Gasteiger partial charge in [0, 0.05) is 17.8 Å². The minimum Gasteiger partial charge on any atom is -0.463 e. The van der Waals surface area contributed by atoms with Crippen molar-refractivity contribution in [3.05, 3.63) is 60.3 Å². The molecule has 0 atom stereocenters. The van der Waals surface area contributed by atoms with E-state index in [1.807, 2.05) is 36.4 Å². The van der Waals surface area contributed by atoms with Gasteiger partial charge in [-0.1, -0.05) is 30.3 Å². The van der Waals surface area contributed by atoms with Gasteiger partial charge in [-0.25, -0.2) is 4.79 Å². The quantitative estimate of drug-likeness (QED) is 0.685. The van der Waals surface area contributed by atoms with Crippen molar-refractivity contribution in [3.63, 3.8) is 0 Å². The Hall–Kier alpha value is -2.62. The molecule has 0 fully saturated rings. The van der Waals surface area contributed by atoms with Gasteiger partial charge in [-0.3, -0.25) is 4.79 Å². The second kappa shape index (κ2) is 6.52. The summed E-state index contributed by atoms with van der Waals surface area (Å²) in [6.07, 6.45) is 2.47. The molecule has 1 amide bonds. The molecule has 0 heterocycles. The average molecular weight is 269 g/mol. The van der Waals surface area contributed by atoms with Crippen LogP contribution in [0.2, 0.25) is 0 Å². The zero-order chi connectivity index (χ0) is 14.4. The molecule has 0 aliphatic heterocycles. The van der Waals surface area contributed by atoms with Crippen molar-refractivity contribution in [2.75, 3.05) is 6.61 Å². The number of rotatable bonds is 4. The lowest BCUT2D eigenvalue weighted by molar-refractivity contribution is -0.137. The molecule has 0 unspecified atom stereocenters. The molecule has 0 saturated heterocycles. The lowest BCUT2D eigenvalue weighted by Crippen LogP contribution is -2.17. The maximum Gasteiger partial charge on any atom is 0.332 e. The van der Waals surface area contributed by atoms with Gasteiger partial charge >= 0.3 is 5.97 Å². The molecule has 0 spiro atoms. The average Bonchev–Trinajstić information content (AvgIpc) is 2.47. The predicted molar refractivity (Wildman–Crippen MR) is 77.2 cm³/mol. The molecule has 4 nitrogen and oxygen atoms in total. The first-order valence-electron chi connectivity index (χ1n) is 6.33. The first-order chi connectivity index (χ1) is 9.70. The highest BCUT2D eigenvalue weighted by molar-refractivity contribution is 5.99. The Kier molecular flexibility index (Phi) is 4.50. The van der Waals surface area contributed by atoms with E-state index < -0.39 is 5.97 Å². The van der Waals surface area contributed by atoms with Crippen LogP contribution in [-0.4, -0.2) is 18.5 Å². The summed E-state index contributed by atoms with van der Waals surface area (Å²) in [6, 6.07) is 13.2. The molecular weight excluding hydrogens is 254 g/mol. The van der Waals surface area contributed by atoms with E-state index in [2.05, 4.69) is 5.32 Å². The van der Waals surface area contributed by atoms with Crippen molar-refractivity contribution in [1.29, 1.82) is 0 Å². The van der Waals surface area contributed by atoms with Crippen LogP contribution in [0.15, 0.2) is 54.7 Å². The Morgan fingerprint density at radius 3 is 2.65 bits per heavy atom. The van der Waals surface area contributed by atoms with Gasteiger partial charge in [0.25, 0.3) is 5.91 Å². The summed E-state index contributed by atoms with van der Waals surface area (Å²) in [5.74, 6) is -0.748. The molecule has 4 heteroatoms. The summed E-state index contributed by atoms with van der Waals surface area (Å²) in [5, 5.41) is 4.60. The summed E-state index contributed by atoms with van der Waals surface area (Å²) in [7, 11) is 0. The first-order valence-corrected chi connectivity index (χ1v) is 6.33. The van der Waals surface area contributed by atoms with Gasteiger partial charge in [-0.15, -0.1) is 0 Å². The molecule has 2 rings (SSSR count). The number of hydrogen-bond donors (Lipinski definition) is 1. The van der Waals surface area contributed by atoms with E-state index in [1.54, 1.807) is 13.0 Å². The number of ether oxygens (including phenoxy) is 1. The standard InChI is InChI=1S/C16H15NO3/c1-2-20-15(18)9-10-17-16(19)14-8-7-12-5-3-4-6-13(12)11-14/h3-11H,2H2,1H3,(H,17,19)/b10-9-. The van der Waals surface area contributed by atoms with Crippen LogP contribution in [0.3, 0.4) is 0 Å². The molecule has 20 heavy (non-hydrogen) atoms. The summed E-state index contributed by atoms with van der Waals surface area (Å²) in [5.41, 5.74) is 0.539. The van der Waals surface area contributed by atoms with Crippen molar-refractivity contribution in [2.45, 2.75) is 6.92 Å². The SMILES string of the molecule is CCOC(=O)/C=C\NC(=O)c1ccc2ccccc2c1. The topological polar surface area (TPSA) is 55.4 Å². The van der Waals surface area contributed by atoms with E-state index in [9.17, 15) is 9.59 Å². The highest BCUT2D eigenvalue weighted by atomic mass is 16.5. The van der Waals surface area contributed by atoms with E-state index >= 15 is 0 Å². The Bertz CT molecular complexity index is 662. The van der Waals surface area contributed by atoms with Crippen molar-refractivity contribution in [3.8, 4) is 0 Å². The molecule has 0 saturated carbocycles. The highest BCUT2D eigenvalue weighted by Gasteiger charge is 2.04. The maximum absolute atomic E-state index is 11.9. The fourth-order valence-corrected chi connectivity index (χ4v) is 1.79. The number of carbonyl (C=O) groups is 2. The van der Waals surface area contributed by atoms with Crippen LogP contribution < -0.4 is 5.32 Å². The van der Waals surface area contributed by atoms with Gasteiger partial charge in [-0.2, -0.15) is 0 Å². The molecule has 0 aromatic heterocycles. The lowest BCUT2D eigenvalue weighted by atomic mass is 10.1. The first kappa shape index (κ1) is 13.8. The maximum atomic E-state index is 11.9. The molecular formula is C16H15NO3. The van der Waals surface area contributed by atoms with E-state index in [-0.39, 0.29) is 5.91 Å². The van der Waals surface area contributed by atoms with Crippen molar-refractivity contribution in [1.82, 2.24) is 5.32 Å². The molecule has 0 radical (unpaired) electrons. The Balaban J connectivity index is 2.06. The molecule has 0 aliphatic rings. The van der Waals surface area contributed by atoms with Gasteiger partial charge < -0.3 is 10.1 Å². The molecule has 1 N–H and O–H groups in total. The Morgan fingerprint density at radius 1 is 1.15 bits per heavy atom. The van der Waals surface area contributed by atoms with Crippen LogP contribution in [0, 0.1) is 0 Å². The summed E-state index contributed by atoms with van der Waals surface area (Å²) in [6.45, 7) is 2.03. The number of esters is 1. The van der Waals surface area contributed by atoms with E-state index in [4.69, 9.17) is 4.74 Å². The van der Waals surface area contributed by atoms with Crippen LogP contribution in [0.5, 0.6) is 0 Å². The number of hydrogen-bond acceptors (Lipinski definition) is 3. The van der Waals surface area contributed by atoms with Crippen molar-refractivity contribution in [2.24, 2.45) is 0 Å². The number of amides is 1. The fourth-order valence-electron chi connectivity index (χ4n) is 1.79. The summed E-state index contributed by atoms with van der Waals surface area (Å²) >= 11 is 0. The third-order valence-corrected chi connectivity index (χ3v) is 2.73. The number of nitrogens with one attached hydrogen (secondary N) is 1. The third kappa shape index (κ3) is 3.45. The summed E-state index contributed by atoms with van der Waals surface area (Å²) < 4.78 is 4.71. The van der Waals surface area contributed by atoms with Crippen molar-refractivity contribution < 1.29 is 14.3 Å². The minimum absolute atomic E-state index is 0.267. The van der Waals surface area contributed by atoms with Crippen LogP contribution in [-0.2, 0) is 9.53 Å². The van der Waals surface area contributed by atoms with Gasteiger partial charge in [0.05, 0.1) is 6.61 Å². The van der Waals surface area contributed by atoms with Gasteiger partial charge in [0.15, 0.2) is 0 Å². The lowest BCUT2D eigenvalue weighted by Gasteiger charge is -2.02. The fraction of sp³-hybridized carbons (Fsp3) is 0.125. The Labute approximate surface area is 117 Å². The monoisotopic (exact) mass is 269 g/mol.